The second-order valence-corrected chi connectivity index (χ2v) is 9.51. The van der Waals surface area contributed by atoms with E-state index in [4.69, 9.17) is 23.2 Å². The molecule has 0 aliphatic rings. The maximum absolute atomic E-state index is 12.1. The van der Waals surface area contributed by atoms with Crippen molar-refractivity contribution in [3.8, 4) is 0 Å². The van der Waals surface area contributed by atoms with Gasteiger partial charge in [0.2, 0.25) is 15.9 Å². The van der Waals surface area contributed by atoms with E-state index in [2.05, 4.69) is 16.6 Å². The van der Waals surface area contributed by atoms with E-state index >= 15 is 0 Å². The van der Waals surface area contributed by atoms with Crippen molar-refractivity contribution in [2.75, 3.05) is 17.6 Å². The predicted molar refractivity (Wildman–Crippen MR) is 119 cm³/mol. The van der Waals surface area contributed by atoms with Gasteiger partial charge < -0.3 is 5.32 Å². The maximum atomic E-state index is 12.1. The number of hydrogen-bond acceptors (Lipinski definition) is 4. The van der Waals surface area contributed by atoms with E-state index in [0.29, 0.717) is 27.0 Å². The quantitative estimate of drug-likeness (QED) is 0.514. The molecule has 0 spiro atoms. The summed E-state index contributed by atoms with van der Waals surface area (Å²) in [6, 6.07) is 12.0. The molecule has 0 saturated heterocycles. The number of anilines is 1. The van der Waals surface area contributed by atoms with Crippen LogP contribution in [0, 0.1) is 0 Å². The van der Waals surface area contributed by atoms with Gasteiger partial charge >= 0.3 is 0 Å². The minimum atomic E-state index is -3.41. The molecule has 0 aromatic heterocycles. The first-order valence-corrected chi connectivity index (χ1v) is 11.8. The molecule has 0 heterocycles. The number of amides is 1. The molecule has 2 aromatic rings. The van der Waals surface area contributed by atoms with Gasteiger partial charge in [-0.15, -0.1) is 18.3 Å². The molecule has 0 atom stereocenters. The fourth-order valence-electron chi connectivity index (χ4n) is 2.23. The molecule has 28 heavy (non-hydrogen) atoms. The molecule has 5 nitrogen and oxygen atoms in total. The van der Waals surface area contributed by atoms with E-state index in [0.717, 1.165) is 5.56 Å². The van der Waals surface area contributed by atoms with Crippen molar-refractivity contribution in [3.05, 3.63) is 76.3 Å². The summed E-state index contributed by atoms with van der Waals surface area (Å²) in [6.45, 7) is 3.67. The monoisotopic (exact) mass is 458 g/mol. The van der Waals surface area contributed by atoms with E-state index in [1.165, 1.54) is 17.8 Å². The van der Waals surface area contributed by atoms with Gasteiger partial charge in [0.05, 0.1) is 11.5 Å². The molecular formula is C19H20Cl2N2O3S2. The molecule has 2 aromatic carbocycles. The Kier molecular flexibility index (Phi) is 8.85. The molecule has 1 amide bonds. The highest BCUT2D eigenvalue weighted by atomic mass is 35.5. The van der Waals surface area contributed by atoms with Crippen molar-refractivity contribution in [2.24, 2.45) is 0 Å². The van der Waals surface area contributed by atoms with E-state index in [1.807, 2.05) is 6.07 Å². The highest BCUT2D eigenvalue weighted by molar-refractivity contribution is 7.99. The van der Waals surface area contributed by atoms with Gasteiger partial charge in [0.1, 0.15) is 0 Å². The molecular weight excluding hydrogens is 439 g/mol. The van der Waals surface area contributed by atoms with Crippen molar-refractivity contribution >= 4 is 56.6 Å². The zero-order chi connectivity index (χ0) is 20.6. The zero-order valence-electron chi connectivity index (χ0n) is 15.0. The summed E-state index contributed by atoms with van der Waals surface area (Å²) in [5.74, 6) is 0.578. The van der Waals surface area contributed by atoms with Crippen molar-refractivity contribution in [1.82, 2.24) is 4.72 Å². The number of benzene rings is 2. The molecule has 0 fully saturated rings. The predicted octanol–water partition coefficient (Wildman–Crippen LogP) is 4.47. The number of nitrogens with one attached hydrogen (secondary N) is 2. The van der Waals surface area contributed by atoms with Crippen LogP contribution in [0.15, 0.2) is 55.1 Å². The summed E-state index contributed by atoms with van der Waals surface area (Å²) in [4.78, 5) is 12.1. The fraction of sp³-hybridized carbons (Fsp3) is 0.211. The lowest BCUT2D eigenvalue weighted by Crippen LogP contribution is -2.25. The lowest BCUT2D eigenvalue weighted by molar-refractivity contribution is -0.113. The number of thioether (sulfide) groups is 1. The van der Waals surface area contributed by atoms with Crippen molar-refractivity contribution in [2.45, 2.75) is 11.5 Å². The van der Waals surface area contributed by atoms with Crippen LogP contribution in [0.2, 0.25) is 10.0 Å². The smallest absolute Gasteiger partial charge is 0.234 e. The third kappa shape index (κ3) is 7.85. The van der Waals surface area contributed by atoms with Crippen molar-refractivity contribution in [3.63, 3.8) is 0 Å². The molecule has 0 aliphatic heterocycles. The first kappa shape index (κ1) is 22.8. The van der Waals surface area contributed by atoms with Crippen LogP contribution in [0.1, 0.15) is 11.1 Å². The summed E-state index contributed by atoms with van der Waals surface area (Å²) in [5.41, 5.74) is 2.15. The number of halogens is 2. The van der Waals surface area contributed by atoms with Crippen LogP contribution in [-0.4, -0.2) is 26.6 Å². The molecule has 2 rings (SSSR count). The van der Waals surface area contributed by atoms with E-state index in [9.17, 15) is 13.2 Å². The first-order valence-electron chi connectivity index (χ1n) is 8.28. The van der Waals surface area contributed by atoms with Crippen LogP contribution in [0.4, 0.5) is 5.69 Å². The third-order valence-electron chi connectivity index (χ3n) is 3.55. The average molecular weight is 459 g/mol. The molecule has 150 valence electrons. The molecule has 9 heteroatoms. The fourth-order valence-corrected chi connectivity index (χ4v) is 4.72. The summed E-state index contributed by atoms with van der Waals surface area (Å²) >= 11 is 13.4. The van der Waals surface area contributed by atoms with E-state index in [-0.39, 0.29) is 24.0 Å². The van der Waals surface area contributed by atoms with Crippen LogP contribution in [0.5, 0.6) is 0 Å². The second-order valence-electron chi connectivity index (χ2n) is 5.87. The maximum Gasteiger partial charge on any atom is 0.234 e. The Morgan fingerprint density at radius 1 is 1.14 bits per heavy atom. The van der Waals surface area contributed by atoms with Gasteiger partial charge in [-0.05, 0) is 35.4 Å². The summed E-state index contributed by atoms with van der Waals surface area (Å²) in [7, 11) is -3.41. The third-order valence-corrected chi connectivity index (χ3v) is 6.44. The minimum absolute atomic E-state index is 0.132. The first-order chi connectivity index (χ1) is 13.3. The van der Waals surface area contributed by atoms with Gasteiger partial charge in [0, 0.05) is 28.0 Å². The molecule has 0 saturated carbocycles. The average Bonchev–Trinajstić information content (AvgIpc) is 2.63. The molecule has 0 bridgehead atoms. The Hall–Kier alpha value is -1.51. The van der Waals surface area contributed by atoms with Crippen LogP contribution < -0.4 is 10.0 Å². The van der Waals surface area contributed by atoms with Crippen LogP contribution in [-0.2, 0) is 26.3 Å². The standard InChI is InChI=1S/C19H20Cl2N2O3S2/c1-2-9-22-28(25,26)13-14-3-7-17(8-4-14)23-19(24)12-27-11-15-5-6-16(20)10-18(15)21/h2-8,10,22H,1,9,11-13H2,(H,23,24). The van der Waals surface area contributed by atoms with Gasteiger partial charge in [-0.3, -0.25) is 4.79 Å². The summed E-state index contributed by atoms with van der Waals surface area (Å²) in [6.07, 6.45) is 1.48. The second kappa shape index (κ2) is 10.9. The largest absolute Gasteiger partial charge is 0.325 e. The zero-order valence-corrected chi connectivity index (χ0v) is 18.1. The lowest BCUT2D eigenvalue weighted by atomic mass is 10.2. The number of carbonyl (C=O) groups is 1. The number of rotatable bonds is 10. The number of sulfonamides is 1. The Morgan fingerprint density at radius 3 is 2.50 bits per heavy atom. The van der Waals surface area contributed by atoms with E-state index < -0.39 is 10.0 Å². The van der Waals surface area contributed by atoms with E-state index in [1.54, 1.807) is 36.4 Å². The molecule has 0 radical (unpaired) electrons. The lowest BCUT2D eigenvalue weighted by Gasteiger charge is -2.08. The highest BCUT2D eigenvalue weighted by Gasteiger charge is 2.10. The topological polar surface area (TPSA) is 75.3 Å². The Bertz CT molecular complexity index is 933. The Labute approximate surface area is 179 Å². The highest BCUT2D eigenvalue weighted by Crippen LogP contribution is 2.24. The SMILES string of the molecule is C=CCNS(=O)(=O)Cc1ccc(NC(=O)CSCc2ccc(Cl)cc2Cl)cc1. The van der Waals surface area contributed by atoms with Crippen LogP contribution in [0.3, 0.4) is 0 Å². The van der Waals surface area contributed by atoms with Crippen molar-refractivity contribution < 1.29 is 13.2 Å². The summed E-state index contributed by atoms with van der Waals surface area (Å²) < 4.78 is 26.1. The molecule has 0 aliphatic carbocycles. The van der Waals surface area contributed by atoms with Gasteiger partial charge in [-0.2, -0.15) is 0 Å². The Balaban J connectivity index is 1.81. The molecule has 0 unspecified atom stereocenters. The van der Waals surface area contributed by atoms with Gasteiger partial charge in [-0.25, -0.2) is 13.1 Å². The van der Waals surface area contributed by atoms with Crippen LogP contribution >= 0.6 is 35.0 Å². The van der Waals surface area contributed by atoms with Gasteiger partial charge in [-0.1, -0.05) is 47.5 Å². The molecule has 2 N–H and O–H groups in total. The minimum Gasteiger partial charge on any atom is -0.325 e. The van der Waals surface area contributed by atoms with Crippen LogP contribution in [0.25, 0.3) is 0 Å². The Morgan fingerprint density at radius 2 is 1.86 bits per heavy atom. The summed E-state index contributed by atoms with van der Waals surface area (Å²) in [5, 5.41) is 3.93. The number of hydrogen-bond donors (Lipinski definition) is 2. The van der Waals surface area contributed by atoms with Gasteiger partial charge in [0.25, 0.3) is 0 Å². The number of carbonyl (C=O) groups excluding carboxylic acids is 1. The van der Waals surface area contributed by atoms with Gasteiger partial charge in [0.15, 0.2) is 0 Å². The normalized spacial score (nSPS) is 11.2. The van der Waals surface area contributed by atoms with Crippen molar-refractivity contribution in [1.29, 1.82) is 0 Å².